The quantitative estimate of drug-likeness (QED) is 0.133. The predicted molar refractivity (Wildman–Crippen MR) is 127 cm³/mol. The third-order valence-electron chi connectivity index (χ3n) is 4.18. The van der Waals surface area contributed by atoms with Gasteiger partial charge in [0.1, 0.15) is 5.82 Å². The van der Waals surface area contributed by atoms with E-state index in [0.717, 1.165) is 27.6 Å². The fraction of sp³-hybridized carbons (Fsp3) is 0.0952. The fourth-order valence-electron chi connectivity index (χ4n) is 2.70. The van der Waals surface area contributed by atoms with E-state index in [1.807, 2.05) is 30.3 Å². The molecule has 0 saturated carbocycles. The van der Waals surface area contributed by atoms with Crippen molar-refractivity contribution >= 4 is 66.9 Å². The van der Waals surface area contributed by atoms with Crippen molar-refractivity contribution in [3.63, 3.8) is 0 Å². The Balaban J connectivity index is 1.56. The van der Waals surface area contributed by atoms with E-state index in [0.29, 0.717) is 26.0 Å². The number of thioether (sulfide) groups is 1. The third kappa shape index (κ3) is 5.36. The van der Waals surface area contributed by atoms with E-state index in [9.17, 15) is 19.3 Å². The molecule has 0 aliphatic rings. The smallest absolute Gasteiger partial charge is 0.272 e. The lowest BCUT2D eigenvalue weighted by Gasteiger charge is -2.13. The van der Waals surface area contributed by atoms with Crippen molar-refractivity contribution in [3.05, 3.63) is 81.5 Å². The number of halogens is 1. The van der Waals surface area contributed by atoms with Crippen LogP contribution in [0.2, 0.25) is 0 Å². The number of hydrogen-bond acceptors (Lipinski definition) is 8. The summed E-state index contributed by atoms with van der Waals surface area (Å²) >= 11 is 3.66. The molecule has 0 atom stereocenters. The lowest BCUT2D eigenvalue weighted by atomic mass is 10.3. The zero-order valence-corrected chi connectivity index (χ0v) is 18.8. The van der Waals surface area contributed by atoms with Gasteiger partial charge in [0.25, 0.3) is 0 Å². The van der Waals surface area contributed by atoms with Crippen LogP contribution in [0.25, 0.3) is 10.2 Å². The van der Waals surface area contributed by atoms with Gasteiger partial charge in [0, 0.05) is 23.1 Å². The number of nitro groups is 1. The summed E-state index contributed by atoms with van der Waals surface area (Å²) in [5.41, 5.74) is 0.560. The number of thiophene rings is 1. The maximum atomic E-state index is 13.6. The van der Waals surface area contributed by atoms with E-state index in [-0.39, 0.29) is 23.1 Å². The first-order valence-electron chi connectivity index (χ1n) is 9.35. The van der Waals surface area contributed by atoms with Crippen molar-refractivity contribution in [2.24, 2.45) is 5.10 Å². The standard InChI is InChI=1S/C21H15FN4O3S3/c22-14-6-8-17-18(12-14)32-21(24-17)25(23-13-16-7-9-20(31-16)26(28)29)19(27)10-11-30-15-4-2-1-3-5-15/h1-9,12-13H,10-11H2/b23-13+. The molecule has 0 N–H and O–H groups in total. The third-order valence-corrected chi connectivity index (χ3v) is 7.16. The molecule has 0 spiro atoms. The van der Waals surface area contributed by atoms with Crippen LogP contribution in [0.1, 0.15) is 11.3 Å². The molecule has 0 unspecified atom stereocenters. The van der Waals surface area contributed by atoms with Gasteiger partial charge in [-0.15, -0.1) is 11.8 Å². The van der Waals surface area contributed by atoms with Crippen molar-refractivity contribution in [1.29, 1.82) is 0 Å². The van der Waals surface area contributed by atoms with Gasteiger partial charge in [0.05, 0.1) is 26.2 Å². The maximum absolute atomic E-state index is 13.6. The van der Waals surface area contributed by atoms with Crippen LogP contribution in [0.4, 0.5) is 14.5 Å². The number of benzene rings is 2. The van der Waals surface area contributed by atoms with Crippen LogP contribution in [-0.4, -0.2) is 27.8 Å². The van der Waals surface area contributed by atoms with Crippen molar-refractivity contribution in [3.8, 4) is 0 Å². The Morgan fingerprint density at radius 2 is 2.00 bits per heavy atom. The summed E-state index contributed by atoms with van der Waals surface area (Å²) in [6, 6.07) is 16.9. The molecule has 4 rings (SSSR count). The van der Waals surface area contributed by atoms with E-state index >= 15 is 0 Å². The lowest BCUT2D eigenvalue weighted by molar-refractivity contribution is -0.380. The van der Waals surface area contributed by atoms with Crippen molar-refractivity contribution in [1.82, 2.24) is 4.98 Å². The monoisotopic (exact) mass is 486 g/mol. The van der Waals surface area contributed by atoms with Gasteiger partial charge in [-0.1, -0.05) is 40.9 Å². The Bertz CT molecular complexity index is 1290. The van der Waals surface area contributed by atoms with Gasteiger partial charge in [0.2, 0.25) is 11.0 Å². The lowest BCUT2D eigenvalue weighted by Crippen LogP contribution is -2.25. The summed E-state index contributed by atoms with van der Waals surface area (Å²) in [6.45, 7) is 0. The number of carbonyl (C=O) groups excluding carboxylic acids is 1. The largest absolute Gasteiger partial charge is 0.324 e. The highest BCUT2D eigenvalue weighted by atomic mass is 32.2. The Labute approximate surface area is 194 Å². The molecule has 0 fully saturated rings. The molecule has 4 aromatic rings. The van der Waals surface area contributed by atoms with Crippen molar-refractivity contribution < 1.29 is 14.1 Å². The molecular weight excluding hydrogens is 471 g/mol. The minimum Gasteiger partial charge on any atom is -0.272 e. The summed E-state index contributed by atoms with van der Waals surface area (Å²) in [7, 11) is 0. The number of hydrogen-bond donors (Lipinski definition) is 0. The zero-order chi connectivity index (χ0) is 22.5. The van der Waals surface area contributed by atoms with Crippen molar-refractivity contribution in [2.75, 3.05) is 10.8 Å². The average Bonchev–Trinajstić information content (AvgIpc) is 3.41. The number of thiazole rings is 1. The Morgan fingerprint density at radius 1 is 1.19 bits per heavy atom. The molecule has 1 amide bonds. The Hall–Kier alpha value is -3.15. The van der Waals surface area contributed by atoms with E-state index in [1.54, 1.807) is 23.9 Å². The fourth-order valence-corrected chi connectivity index (χ4v) is 5.22. The molecule has 0 saturated heterocycles. The predicted octanol–water partition coefficient (Wildman–Crippen LogP) is 5.95. The highest BCUT2D eigenvalue weighted by Crippen LogP contribution is 2.31. The van der Waals surface area contributed by atoms with Gasteiger partial charge >= 0.3 is 5.00 Å². The van der Waals surface area contributed by atoms with Gasteiger partial charge in [0.15, 0.2) is 0 Å². The first-order chi connectivity index (χ1) is 15.5. The Kier molecular flexibility index (Phi) is 6.88. The van der Waals surface area contributed by atoms with Crippen LogP contribution in [-0.2, 0) is 4.79 Å². The molecular formula is C21H15FN4O3S3. The second kappa shape index (κ2) is 9.98. The van der Waals surface area contributed by atoms with Crippen LogP contribution < -0.4 is 5.01 Å². The number of fused-ring (bicyclic) bond motifs is 1. The highest BCUT2D eigenvalue weighted by Gasteiger charge is 2.20. The maximum Gasteiger partial charge on any atom is 0.324 e. The minimum atomic E-state index is -0.478. The molecule has 0 bridgehead atoms. The number of aromatic nitrogens is 1. The van der Waals surface area contributed by atoms with Gasteiger partial charge < -0.3 is 0 Å². The van der Waals surface area contributed by atoms with Gasteiger partial charge in [-0.25, -0.2) is 9.37 Å². The highest BCUT2D eigenvalue weighted by molar-refractivity contribution is 7.99. The summed E-state index contributed by atoms with van der Waals surface area (Å²) in [5.74, 6) is -0.131. The molecule has 162 valence electrons. The van der Waals surface area contributed by atoms with Gasteiger partial charge in [-0.3, -0.25) is 14.9 Å². The number of carbonyl (C=O) groups is 1. The van der Waals surface area contributed by atoms with E-state index < -0.39 is 4.92 Å². The zero-order valence-electron chi connectivity index (χ0n) is 16.4. The van der Waals surface area contributed by atoms with Crippen molar-refractivity contribution in [2.45, 2.75) is 11.3 Å². The second-order valence-electron chi connectivity index (χ2n) is 6.40. The van der Waals surface area contributed by atoms with E-state index in [1.165, 1.54) is 29.4 Å². The molecule has 2 heterocycles. The second-order valence-corrected chi connectivity index (χ2v) is 9.67. The van der Waals surface area contributed by atoms with Crippen LogP contribution >= 0.6 is 34.4 Å². The number of anilines is 1. The average molecular weight is 487 g/mol. The molecule has 0 aliphatic carbocycles. The normalized spacial score (nSPS) is 11.3. The number of hydrazone groups is 1. The number of rotatable bonds is 8. The Morgan fingerprint density at radius 3 is 2.75 bits per heavy atom. The van der Waals surface area contributed by atoms with Crippen LogP contribution in [0.5, 0.6) is 0 Å². The first kappa shape index (κ1) is 22.1. The molecule has 0 aliphatic heterocycles. The van der Waals surface area contributed by atoms with E-state index in [2.05, 4.69) is 10.1 Å². The summed E-state index contributed by atoms with van der Waals surface area (Å²) in [5, 5.41) is 16.7. The SMILES string of the molecule is O=C(CCSc1ccccc1)N(/N=C/c1ccc([N+](=O)[O-])s1)c1nc2ccc(F)cc2s1. The topological polar surface area (TPSA) is 88.7 Å². The van der Waals surface area contributed by atoms with E-state index in [4.69, 9.17) is 0 Å². The van der Waals surface area contributed by atoms with Gasteiger partial charge in [-0.05, 0) is 36.4 Å². The van der Waals surface area contributed by atoms with Crippen LogP contribution in [0, 0.1) is 15.9 Å². The summed E-state index contributed by atoms with van der Waals surface area (Å²) in [6.07, 6.45) is 1.60. The summed E-state index contributed by atoms with van der Waals surface area (Å²) < 4.78 is 14.2. The number of amides is 1. The molecule has 2 aromatic heterocycles. The molecule has 32 heavy (non-hydrogen) atoms. The van der Waals surface area contributed by atoms with Gasteiger partial charge in [-0.2, -0.15) is 10.1 Å². The first-order valence-corrected chi connectivity index (χ1v) is 12.0. The minimum absolute atomic E-state index is 0.0148. The molecule has 11 heteroatoms. The molecule has 7 nitrogen and oxygen atoms in total. The van der Waals surface area contributed by atoms with Crippen LogP contribution in [0.3, 0.4) is 0 Å². The molecule has 0 radical (unpaired) electrons. The number of nitrogens with zero attached hydrogens (tertiary/aromatic N) is 4. The van der Waals surface area contributed by atoms with Crippen LogP contribution in [0.15, 0.2) is 70.7 Å². The molecule has 2 aromatic carbocycles. The summed E-state index contributed by atoms with van der Waals surface area (Å²) in [4.78, 5) is 29.4.